The lowest BCUT2D eigenvalue weighted by atomic mass is 9.99. The molecule has 29 heavy (non-hydrogen) atoms. The molecule has 0 aliphatic heterocycles. The normalized spacial score (nSPS) is 17.0. The molecule has 3 N–H and O–H groups in total. The second-order valence-electron chi connectivity index (χ2n) is 6.61. The molecule has 0 saturated heterocycles. The molecule has 1 atom stereocenters. The van der Waals surface area contributed by atoms with Gasteiger partial charge in [0.25, 0.3) is 0 Å². The van der Waals surface area contributed by atoms with Crippen molar-refractivity contribution >= 4 is 5.97 Å². The van der Waals surface area contributed by atoms with Gasteiger partial charge in [-0.05, 0) is 60.7 Å². The Morgan fingerprint density at radius 3 is 2.83 bits per heavy atom. The van der Waals surface area contributed by atoms with Crippen molar-refractivity contribution in [1.29, 1.82) is 0 Å². The first-order valence-corrected chi connectivity index (χ1v) is 9.25. The Morgan fingerprint density at radius 1 is 1.21 bits per heavy atom. The van der Waals surface area contributed by atoms with Crippen LogP contribution in [0.1, 0.15) is 49.1 Å². The third kappa shape index (κ3) is 6.01. The zero-order valence-corrected chi connectivity index (χ0v) is 16.0. The highest BCUT2D eigenvalue weighted by Crippen LogP contribution is 2.22. The van der Waals surface area contributed by atoms with Crippen LogP contribution in [0.5, 0.6) is 0 Å². The Morgan fingerprint density at radius 2 is 2.03 bits per heavy atom. The van der Waals surface area contributed by atoms with Crippen LogP contribution in [-0.2, 0) is 6.42 Å². The molecular weight excluding hydrogens is 362 g/mol. The molecule has 3 aromatic carbocycles. The van der Waals surface area contributed by atoms with E-state index in [1.807, 2.05) is 0 Å². The molecule has 0 radical (unpaired) electrons. The summed E-state index contributed by atoms with van der Waals surface area (Å²) in [6.07, 6.45) is -2.25. The quantitative estimate of drug-likeness (QED) is 0.462. The molecule has 4 nitrogen and oxygen atoms in total. The van der Waals surface area contributed by atoms with Crippen molar-refractivity contribution < 1.29 is 24.6 Å². The van der Waals surface area contributed by atoms with Gasteiger partial charge in [-0.25, -0.2) is 4.79 Å². The molecule has 0 aliphatic rings. The van der Waals surface area contributed by atoms with E-state index in [-0.39, 0.29) is 71.4 Å². The molecule has 0 heterocycles. The van der Waals surface area contributed by atoms with Gasteiger partial charge in [0.05, 0.1) is 18.5 Å². The highest BCUT2D eigenvalue weighted by Gasteiger charge is 2.07. The van der Waals surface area contributed by atoms with E-state index in [4.69, 9.17) is 9.60 Å². The zero-order valence-electron chi connectivity index (χ0n) is 23.0. The van der Waals surface area contributed by atoms with E-state index in [0.29, 0.717) is 0 Å². The van der Waals surface area contributed by atoms with Gasteiger partial charge in [0, 0.05) is 9.24 Å². The Labute approximate surface area is 181 Å². The van der Waals surface area contributed by atoms with Crippen LogP contribution in [0.15, 0.2) is 72.7 Å². The number of benzene rings is 3. The Kier molecular flexibility index (Phi) is 4.59. The summed E-state index contributed by atoms with van der Waals surface area (Å²) in [5, 5.41) is 22.4. The van der Waals surface area contributed by atoms with Crippen molar-refractivity contribution in [2.45, 2.75) is 25.8 Å². The number of rotatable bonds is 9. The van der Waals surface area contributed by atoms with Gasteiger partial charge in [-0.3, -0.25) is 0 Å². The average Bonchev–Trinajstić information content (AvgIpc) is 2.82. The maximum absolute atomic E-state index is 11.3. The lowest BCUT2D eigenvalue weighted by molar-refractivity contribution is 0.0697. The minimum atomic E-state index is -2.57. The molecule has 0 fully saturated rings. The second kappa shape index (κ2) is 10.0. The van der Waals surface area contributed by atoms with Gasteiger partial charge in [-0.15, -0.1) is 0 Å². The average molecular weight is 397 g/mol. The molecule has 0 unspecified atom stereocenters. The van der Waals surface area contributed by atoms with Crippen LogP contribution < -0.4 is 5.32 Å². The SMILES string of the molecule is [2H]c1c([2H])c(CCCNC([2H])([2H])[C@]([2H])(O)c2cccc(C)c2)c([2H])c(-c2cccc(C(=O)O)c2)c1[2H]. The fourth-order valence-electron chi connectivity index (χ4n) is 2.82. The van der Waals surface area contributed by atoms with Gasteiger partial charge in [-0.2, -0.15) is 0 Å². The fourth-order valence-corrected chi connectivity index (χ4v) is 2.82. The number of carbonyl (C=O) groups is 1. The highest BCUT2D eigenvalue weighted by molar-refractivity contribution is 5.89. The number of carboxylic acids is 1. The van der Waals surface area contributed by atoms with E-state index in [9.17, 15) is 15.0 Å². The summed E-state index contributed by atoms with van der Waals surface area (Å²) in [7, 11) is 0. The molecule has 4 heteroatoms. The molecule has 0 spiro atoms. The lowest BCUT2D eigenvalue weighted by Gasteiger charge is -2.13. The summed E-state index contributed by atoms with van der Waals surface area (Å²) < 4.78 is 57.9. The largest absolute Gasteiger partial charge is 0.478 e. The smallest absolute Gasteiger partial charge is 0.335 e. The number of aliphatic hydroxyl groups is 1. The van der Waals surface area contributed by atoms with Crippen LogP contribution in [-0.4, -0.2) is 29.2 Å². The van der Waals surface area contributed by atoms with Crippen molar-refractivity contribution in [3.05, 3.63) is 95.0 Å². The number of aryl methyl sites for hydroxylation is 1. The van der Waals surface area contributed by atoms with Crippen LogP contribution in [0, 0.1) is 6.92 Å². The minimum Gasteiger partial charge on any atom is -0.478 e. The summed E-state index contributed by atoms with van der Waals surface area (Å²) >= 11 is 0. The van der Waals surface area contributed by atoms with Gasteiger partial charge >= 0.3 is 5.97 Å². The summed E-state index contributed by atoms with van der Waals surface area (Å²) in [5.74, 6) is -1.17. The summed E-state index contributed by atoms with van der Waals surface area (Å²) in [5.41, 5.74) is 1.35. The molecule has 150 valence electrons. The standard InChI is InChI=1S/C25H27NO3/c1-18-6-2-11-22(14-18)24(27)17-26-13-5-8-19-7-3-9-20(15-19)21-10-4-12-23(16-21)25(28)29/h2-4,6-7,9-12,14-16,24,26-27H,5,8,13,17H2,1H3,(H,28,29)/t24-/m0/s1/i3D,7D,9D,15D,17D2,24D. The third-order valence-corrected chi connectivity index (χ3v) is 4.30. The Balaban J connectivity index is 1.81. The van der Waals surface area contributed by atoms with Gasteiger partial charge in [0.15, 0.2) is 0 Å². The first-order chi connectivity index (χ1) is 16.8. The monoisotopic (exact) mass is 396 g/mol. The highest BCUT2D eigenvalue weighted by atomic mass is 16.4. The predicted molar refractivity (Wildman–Crippen MR) is 116 cm³/mol. The molecule has 3 aromatic rings. The van der Waals surface area contributed by atoms with Crippen LogP contribution >= 0.6 is 0 Å². The van der Waals surface area contributed by atoms with E-state index >= 15 is 0 Å². The van der Waals surface area contributed by atoms with Crippen LogP contribution in [0.2, 0.25) is 0 Å². The molecule has 0 saturated carbocycles. The lowest BCUT2D eigenvalue weighted by Crippen LogP contribution is -2.22. The van der Waals surface area contributed by atoms with E-state index in [1.165, 1.54) is 30.3 Å². The van der Waals surface area contributed by atoms with Crippen molar-refractivity contribution in [3.63, 3.8) is 0 Å². The number of hydrogen-bond donors (Lipinski definition) is 3. The topological polar surface area (TPSA) is 69.6 Å². The maximum Gasteiger partial charge on any atom is 0.335 e. The number of carboxylic acid groups (broad SMARTS) is 1. The second-order valence-corrected chi connectivity index (χ2v) is 6.61. The van der Waals surface area contributed by atoms with Gasteiger partial charge in [-0.1, -0.05) is 66.1 Å². The summed E-state index contributed by atoms with van der Waals surface area (Å²) in [4.78, 5) is 11.3. The van der Waals surface area contributed by atoms with Crippen molar-refractivity contribution in [3.8, 4) is 11.1 Å². The first-order valence-electron chi connectivity index (χ1n) is 12.8. The molecule has 0 amide bonds. The van der Waals surface area contributed by atoms with E-state index in [2.05, 4.69) is 5.32 Å². The van der Waals surface area contributed by atoms with Crippen molar-refractivity contribution in [2.24, 2.45) is 0 Å². The van der Waals surface area contributed by atoms with Crippen molar-refractivity contribution in [1.82, 2.24) is 5.32 Å². The number of aromatic carboxylic acids is 1. The third-order valence-electron chi connectivity index (χ3n) is 4.30. The first kappa shape index (κ1) is 13.3. The van der Waals surface area contributed by atoms with E-state index < -0.39 is 18.5 Å². The molecular formula is C25H27NO3. The summed E-state index contributed by atoms with van der Waals surface area (Å²) in [6.45, 7) is -0.741. The van der Waals surface area contributed by atoms with E-state index in [1.54, 1.807) is 25.1 Å². The van der Waals surface area contributed by atoms with Crippen LogP contribution in [0.4, 0.5) is 0 Å². The van der Waals surface area contributed by atoms with Gasteiger partial charge in [0.2, 0.25) is 0 Å². The fraction of sp³-hybridized carbons (Fsp3) is 0.240. The van der Waals surface area contributed by atoms with Crippen molar-refractivity contribution in [2.75, 3.05) is 13.0 Å². The Bertz CT molecular complexity index is 1290. The molecule has 3 rings (SSSR count). The molecule has 0 bridgehead atoms. The maximum atomic E-state index is 11.3. The van der Waals surface area contributed by atoms with Crippen LogP contribution in [0.3, 0.4) is 0 Å². The molecule has 0 aromatic heterocycles. The molecule has 0 aliphatic carbocycles. The van der Waals surface area contributed by atoms with E-state index in [0.717, 1.165) is 5.56 Å². The zero-order chi connectivity index (χ0) is 26.8. The van der Waals surface area contributed by atoms with Gasteiger partial charge in [0.1, 0.15) is 0 Å². The van der Waals surface area contributed by atoms with Crippen LogP contribution in [0.25, 0.3) is 11.1 Å². The number of nitrogens with one attached hydrogen (secondary N) is 1. The minimum absolute atomic E-state index is 0.00131. The number of hydrogen-bond acceptors (Lipinski definition) is 3. The van der Waals surface area contributed by atoms with Gasteiger partial charge < -0.3 is 15.5 Å². The predicted octanol–water partition coefficient (Wildman–Crippen LogP) is 4.62. The summed E-state index contributed by atoms with van der Waals surface area (Å²) in [6, 6.07) is 10.9. The Hall–Kier alpha value is -2.95.